The van der Waals surface area contributed by atoms with Crippen molar-refractivity contribution in [1.29, 1.82) is 0 Å². The first-order chi connectivity index (χ1) is 17.8. The highest BCUT2D eigenvalue weighted by atomic mass is 35.5. The lowest BCUT2D eigenvalue weighted by atomic mass is 9.77. The summed E-state index contributed by atoms with van der Waals surface area (Å²) < 4.78 is 45.2. The van der Waals surface area contributed by atoms with Gasteiger partial charge in [0.15, 0.2) is 0 Å². The van der Waals surface area contributed by atoms with Gasteiger partial charge in [0.05, 0.1) is 17.3 Å². The monoisotopic (exact) mass is 529 g/mol. The number of pyridine rings is 1. The van der Waals surface area contributed by atoms with Crippen LogP contribution in [0.4, 0.5) is 13.2 Å². The van der Waals surface area contributed by atoms with Gasteiger partial charge in [-0.2, -0.15) is 13.2 Å². The molecule has 0 saturated carbocycles. The zero-order chi connectivity index (χ0) is 25.9. The van der Waals surface area contributed by atoms with Crippen LogP contribution in [0.1, 0.15) is 42.1 Å². The van der Waals surface area contributed by atoms with Crippen molar-refractivity contribution in [2.45, 2.75) is 31.5 Å². The molecule has 5 rings (SSSR count). The first kappa shape index (κ1) is 26.0. The van der Waals surface area contributed by atoms with Crippen LogP contribution in [0.2, 0.25) is 5.02 Å². The minimum atomic E-state index is -4.42. The highest BCUT2D eigenvalue weighted by molar-refractivity contribution is 6.30. The van der Waals surface area contributed by atoms with Crippen LogP contribution in [0.5, 0.6) is 5.75 Å². The van der Waals surface area contributed by atoms with Crippen LogP contribution >= 0.6 is 11.6 Å². The molecule has 196 valence electrons. The van der Waals surface area contributed by atoms with E-state index in [2.05, 4.69) is 33.0 Å². The number of benzene rings is 2. The zero-order valence-corrected chi connectivity index (χ0v) is 21.4. The van der Waals surface area contributed by atoms with Crippen LogP contribution in [0.25, 0.3) is 0 Å². The van der Waals surface area contributed by atoms with Crippen molar-refractivity contribution in [3.8, 4) is 5.75 Å². The largest absolute Gasteiger partial charge is 0.492 e. The van der Waals surface area contributed by atoms with Gasteiger partial charge in [-0.15, -0.1) is 0 Å². The SMILES string of the molecule is FC(F)(F)c1ccccc1OCCN1CCC2(CC1)CCN([C@H](c1ccc(Cl)cc1)c1ccccn1)C2. The topological polar surface area (TPSA) is 28.6 Å². The standard InChI is InChI=1S/C29H31ClF3N3O/c30-23-10-8-22(9-11-23)27(25-6-3-4-15-34-25)36-18-14-28(21-36)12-16-35(17-13-28)19-20-37-26-7-2-1-5-24(26)29(31,32)33/h1-11,15,27H,12-14,16-21H2/t27-/m1/s1. The molecule has 1 aromatic heterocycles. The Morgan fingerprint density at radius 2 is 1.62 bits per heavy atom. The first-order valence-corrected chi connectivity index (χ1v) is 13.1. The van der Waals surface area contributed by atoms with E-state index < -0.39 is 11.7 Å². The van der Waals surface area contributed by atoms with Gasteiger partial charge in [-0.05, 0) is 86.3 Å². The van der Waals surface area contributed by atoms with E-state index in [0.29, 0.717) is 6.54 Å². The number of para-hydroxylation sites is 1. The Balaban J connectivity index is 1.18. The number of aromatic nitrogens is 1. The van der Waals surface area contributed by atoms with Gasteiger partial charge in [-0.25, -0.2) is 0 Å². The zero-order valence-electron chi connectivity index (χ0n) is 20.6. The van der Waals surface area contributed by atoms with E-state index in [-0.39, 0.29) is 23.8 Å². The summed E-state index contributed by atoms with van der Waals surface area (Å²) in [4.78, 5) is 9.53. The molecule has 1 atom stereocenters. The lowest BCUT2D eigenvalue weighted by Gasteiger charge is -2.40. The fourth-order valence-electron chi connectivity index (χ4n) is 5.71. The van der Waals surface area contributed by atoms with Crippen LogP contribution in [0.3, 0.4) is 0 Å². The second-order valence-corrected chi connectivity index (χ2v) is 10.5. The lowest BCUT2D eigenvalue weighted by molar-refractivity contribution is -0.139. The van der Waals surface area contributed by atoms with E-state index in [1.807, 2.05) is 30.5 Å². The van der Waals surface area contributed by atoms with Gasteiger partial charge in [0.2, 0.25) is 0 Å². The average molecular weight is 530 g/mol. The molecular weight excluding hydrogens is 499 g/mol. The summed E-state index contributed by atoms with van der Waals surface area (Å²) >= 11 is 6.16. The second kappa shape index (κ2) is 11.0. The highest BCUT2D eigenvalue weighted by Gasteiger charge is 2.43. The maximum Gasteiger partial charge on any atom is 0.419 e. The molecule has 4 nitrogen and oxygen atoms in total. The number of rotatable bonds is 7. The molecule has 8 heteroatoms. The number of alkyl halides is 3. The smallest absolute Gasteiger partial charge is 0.419 e. The van der Waals surface area contributed by atoms with Gasteiger partial charge in [-0.3, -0.25) is 14.8 Å². The molecule has 2 aliphatic heterocycles. The molecule has 0 bridgehead atoms. The molecule has 0 aliphatic carbocycles. The summed E-state index contributed by atoms with van der Waals surface area (Å²) in [7, 11) is 0. The summed E-state index contributed by atoms with van der Waals surface area (Å²) in [6.07, 6.45) is 0.697. The summed E-state index contributed by atoms with van der Waals surface area (Å²) in [6.45, 7) is 4.71. The Kier molecular flexibility index (Phi) is 7.75. The molecule has 3 heterocycles. The van der Waals surface area contributed by atoms with E-state index in [1.165, 1.54) is 17.7 Å². The first-order valence-electron chi connectivity index (χ1n) is 12.7. The second-order valence-electron chi connectivity index (χ2n) is 10.1. The Bertz CT molecular complexity index is 1170. The molecule has 1 spiro atoms. The van der Waals surface area contributed by atoms with Crippen molar-refractivity contribution >= 4 is 11.6 Å². The van der Waals surface area contributed by atoms with Gasteiger partial charge in [0.25, 0.3) is 0 Å². The third-order valence-corrected chi connectivity index (χ3v) is 8.01. The Hall–Kier alpha value is -2.61. The van der Waals surface area contributed by atoms with Gasteiger partial charge in [0, 0.05) is 24.3 Å². The van der Waals surface area contributed by atoms with Gasteiger partial charge < -0.3 is 4.74 Å². The van der Waals surface area contributed by atoms with Crippen LogP contribution in [0.15, 0.2) is 72.9 Å². The predicted molar refractivity (Wildman–Crippen MR) is 139 cm³/mol. The lowest BCUT2D eigenvalue weighted by Crippen LogP contribution is -2.43. The molecule has 3 aromatic rings. The van der Waals surface area contributed by atoms with Crippen LogP contribution < -0.4 is 4.74 Å². The van der Waals surface area contributed by atoms with E-state index in [9.17, 15) is 13.2 Å². The summed E-state index contributed by atoms with van der Waals surface area (Å²) in [5.41, 5.74) is 1.76. The fraction of sp³-hybridized carbons (Fsp3) is 0.414. The number of hydrogen-bond acceptors (Lipinski definition) is 4. The van der Waals surface area contributed by atoms with Crippen LogP contribution in [-0.2, 0) is 6.18 Å². The van der Waals surface area contributed by atoms with Crippen molar-refractivity contribution in [3.05, 3.63) is 94.8 Å². The summed E-state index contributed by atoms with van der Waals surface area (Å²) in [6, 6.07) is 19.6. The molecule has 2 fully saturated rings. The minimum absolute atomic E-state index is 0.0815. The van der Waals surface area contributed by atoms with Crippen molar-refractivity contribution in [1.82, 2.24) is 14.8 Å². The van der Waals surface area contributed by atoms with Crippen molar-refractivity contribution in [2.75, 3.05) is 39.3 Å². The van der Waals surface area contributed by atoms with E-state index in [1.54, 1.807) is 6.07 Å². The van der Waals surface area contributed by atoms with E-state index in [4.69, 9.17) is 16.3 Å². The molecule has 0 unspecified atom stereocenters. The quantitative estimate of drug-likeness (QED) is 0.340. The van der Waals surface area contributed by atoms with Crippen molar-refractivity contribution < 1.29 is 17.9 Å². The number of halogens is 4. The molecule has 37 heavy (non-hydrogen) atoms. The van der Waals surface area contributed by atoms with Crippen LogP contribution in [-0.4, -0.2) is 54.1 Å². The minimum Gasteiger partial charge on any atom is -0.492 e. The average Bonchev–Trinajstić information content (AvgIpc) is 3.30. The van der Waals surface area contributed by atoms with Crippen molar-refractivity contribution in [3.63, 3.8) is 0 Å². The van der Waals surface area contributed by atoms with Gasteiger partial charge in [-0.1, -0.05) is 41.9 Å². The molecule has 2 aromatic carbocycles. The van der Waals surface area contributed by atoms with Crippen molar-refractivity contribution in [2.24, 2.45) is 5.41 Å². The maximum absolute atomic E-state index is 13.2. The summed E-state index contributed by atoms with van der Waals surface area (Å²) in [5, 5.41) is 0.722. The predicted octanol–water partition coefficient (Wildman–Crippen LogP) is 6.71. The number of likely N-dealkylation sites (tertiary alicyclic amines) is 2. The number of ether oxygens (including phenoxy) is 1. The van der Waals surface area contributed by atoms with Gasteiger partial charge >= 0.3 is 6.18 Å². The summed E-state index contributed by atoms with van der Waals surface area (Å²) in [5.74, 6) is -0.0994. The fourth-order valence-corrected chi connectivity index (χ4v) is 5.84. The molecular formula is C29H31ClF3N3O. The molecule has 2 aliphatic rings. The molecule has 0 N–H and O–H groups in total. The maximum atomic E-state index is 13.2. The molecule has 2 saturated heterocycles. The Labute approximate surface area is 221 Å². The van der Waals surface area contributed by atoms with E-state index in [0.717, 1.165) is 62.2 Å². The number of nitrogens with zero attached hydrogens (tertiary/aromatic N) is 3. The highest BCUT2D eigenvalue weighted by Crippen LogP contribution is 2.44. The van der Waals surface area contributed by atoms with Gasteiger partial charge in [0.1, 0.15) is 12.4 Å². The van der Waals surface area contributed by atoms with E-state index >= 15 is 0 Å². The third kappa shape index (κ3) is 6.11. The number of piperidine rings is 1. The Morgan fingerprint density at radius 1 is 0.919 bits per heavy atom. The molecule has 0 amide bonds. The number of hydrogen-bond donors (Lipinski definition) is 0. The molecule has 0 radical (unpaired) electrons. The normalized spacial score (nSPS) is 19.2. The Morgan fingerprint density at radius 3 is 2.32 bits per heavy atom. The van der Waals surface area contributed by atoms with Crippen LogP contribution in [0, 0.1) is 5.41 Å². The third-order valence-electron chi connectivity index (χ3n) is 7.76.